The molecule has 2 N–H and O–H groups in total. The molecular weight excluding hydrogens is 202 g/mol. The maximum atomic E-state index is 11.6. The maximum Gasteiger partial charge on any atom is 0.238 e. The summed E-state index contributed by atoms with van der Waals surface area (Å²) in [6.45, 7) is 2.24. The van der Waals surface area contributed by atoms with Crippen molar-refractivity contribution >= 4 is 11.6 Å². The van der Waals surface area contributed by atoms with Gasteiger partial charge in [-0.3, -0.25) is 4.79 Å². The first-order chi connectivity index (χ1) is 7.65. The van der Waals surface area contributed by atoms with Gasteiger partial charge in [-0.25, -0.2) is 0 Å². The average Bonchev–Trinajstić information content (AvgIpc) is 2.63. The highest BCUT2D eigenvalue weighted by Gasteiger charge is 2.11. The summed E-state index contributed by atoms with van der Waals surface area (Å²) in [5, 5.41) is 6.17. The molecule has 86 valence electrons. The smallest absolute Gasteiger partial charge is 0.238 e. The number of benzene rings is 1. The van der Waals surface area contributed by atoms with Crippen LogP contribution in [0.4, 0.5) is 5.69 Å². The Balaban J connectivity index is 2.02. The van der Waals surface area contributed by atoms with Gasteiger partial charge in [-0.15, -0.1) is 0 Å². The Morgan fingerprint density at radius 1 is 1.38 bits per heavy atom. The van der Waals surface area contributed by atoms with Crippen LogP contribution in [0.2, 0.25) is 0 Å². The zero-order chi connectivity index (χ0) is 11.5. The quantitative estimate of drug-likeness (QED) is 0.790. The minimum absolute atomic E-state index is 0.0240. The first-order valence-electron chi connectivity index (χ1n) is 5.42. The Bertz CT molecular complexity index is 401. The molecule has 4 heteroatoms. The Morgan fingerprint density at radius 2 is 2.12 bits per heavy atom. The largest absolute Gasteiger partial charge is 0.325 e. The molecule has 0 fully saturated rings. The van der Waals surface area contributed by atoms with Crippen LogP contribution in [0.5, 0.6) is 0 Å². The number of rotatable bonds is 3. The first kappa shape index (κ1) is 11.1. The second kappa shape index (κ2) is 4.63. The molecule has 1 aromatic carbocycles. The number of fused-ring (bicyclic) bond motifs is 1. The predicted molar refractivity (Wildman–Crippen MR) is 64.2 cm³/mol. The van der Waals surface area contributed by atoms with Gasteiger partial charge in [0.15, 0.2) is 0 Å². The lowest BCUT2D eigenvalue weighted by Crippen LogP contribution is -2.27. The molecule has 0 radical (unpaired) electrons. The number of carbonyl (C=O) groups is 1. The molecule has 1 amide bonds. The fraction of sp³-hybridized carbons (Fsp3) is 0.417. The second-order valence-electron chi connectivity index (χ2n) is 4.37. The minimum Gasteiger partial charge on any atom is -0.325 e. The van der Waals surface area contributed by atoms with Gasteiger partial charge in [0.1, 0.15) is 0 Å². The van der Waals surface area contributed by atoms with Crippen molar-refractivity contribution in [3.8, 4) is 0 Å². The first-order valence-corrected chi connectivity index (χ1v) is 5.42. The van der Waals surface area contributed by atoms with Gasteiger partial charge in [-0.1, -0.05) is 6.07 Å². The number of hydrogen-bond donors (Lipinski definition) is 2. The molecule has 0 bridgehead atoms. The van der Waals surface area contributed by atoms with Crippen molar-refractivity contribution in [3.63, 3.8) is 0 Å². The van der Waals surface area contributed by atoms with E-state index in [0.717, 1.165) is 18.8 Å². The average molecular weight is 219 g/mol. The van der Waals surface area contributed by atoms with Gasteiger partial charge in [0, 0.05) is 18.8 Å². The molecule has 0 spiro atoms. The van der Waals surface area contributed by atoms with Crippen molar-refractivity contribution in [1.29, 1.82) is 0 Å². The molecule has 0 aliphatic carbocycles. The predicted octanol–water partition coefficient (Wildman–Crippen LogP) is 0.790. The van der Waals surface area contributed by atoms with Gasteiger partial charge in [-0.05, 0) is 37.4 Å². The summed E-state index contributed by atoms with van der Waals surface area (Å²) in [7, 11) is 3.76. The van der Waals surface area contributed by atoms with Crippen LogP contribution in [-0.4, -0.2) is 31.4 Å². The van der Waals surface area contributed by atoms with Crippen LogP contribution in [0, 0.1) is 0 Å². The van der Waals surface area contributed by atoms with E-state index in [1.54, 1.807) is 0 Å². The van der Waals surface area contributed by atoms with E-state index < -0.39 is 0 Å². The van der Waals surface area contributed by atoms with Gasteiger partial charge in [0.2, 0.25) is 5.91 Å². The van der Waals surface area contributed by atoms with E-state index in [1.807, 2.05) is 31.1 Å². The topological polar surface area (TPSA) is 44.4 Å². The van der Waals surface area contributed by atoms with E-state index in [2.05, 4.69) is 16.7 Å². The number of likely N-dealkylation sites (N-methyl/N-ethyl adjacent to an activating group) is 1. The van der Waals surface area contributed by atoms with E-state index in [1.165, 1.54) is 11.1 Å². The van der Waals surface area contributed by atoms with E-state index in [0.29, 0.717) is 6.54 Å². The zero-order valence-corrected chi connectivity index (χ0v) is 9.71. The Kier molecular flexibility index (Phi) is 3.22. The number of carbonyl (C=O) groups excluding carboxylic acids is 1. The third kappa shape index (κ3) is 2.59. The molecule has 0 saturated carbocycles. The lowest BCUT2D eigenvalue weighted by atomic mass is 10.1. The fourth-order valence-corrected chi connectivity index (χ4v) is 1.86. The van der Waals surface area contributed by atoms with Gasteiger partial charge >= 0.3 is 0 Å². The normalized spacial score (nSPS) is 13.9. The molecular formula is C12H17N3O. The van der Waals surface area contributed by atoms with E-state index in [-0.39, 0.29) is 5.91 Å². The minimum atomic E-state index is 0.0240. The van der Waals surface area contributed by atoms with Crippen molar-refractivity contribution in [2.75, 3.05) is 26.0 Å². The Morgan fingerprint density at radius 3 is 2.88 bits per heavy atom. The number of nitrogens with one attached hydrogen (secondary N) is 2. The molecule has 1 heterocycles. The van der Waals surface area contributed by atoms with Crippen LogP contribution in [-0.2, 0) is 17.9 Å². The molecule has 2 rings (SSSR count). The zero-order valence-electron chi connectivity index (χ0n) is 9.71. The lowest BCUT2D eigenvalue weighted by Gasteiger charge is -2.10. The van der Waals surface area contributed by atoms with E-state index >= 15 is 0 Å². The van der Waals surface area contributed by atoms with Crippen molar-refractivity contribution in [2.24, 2.45) is 0 Å². The van der Waals surface area contributed by atoms with Crippen molar-refractivity contribution in [1.82, 2.24) is 10.2 Å². The van der Waals surface area contributed by atoms with Crippen LogP contribution < -0.4 is 10.6 Å². The number of hydrogen-bond acceptors (Lipinski definition) is 3. The molecule has 16 heavy (non-hydrogen) atoms. The van der Waals surface area contributed by atoms with Crippen molar-refractivity contribution in [3.05, 3.63) is 29.3 Å². The highest BCUT2D eigenvalue weighted by atomic mass is 16.2. The second-order valence-corrected chi connectivity index (χ2v) is 4.37. The summed E-state index contributed by atoms with van der Waals surface area (Å²) in [5.41, 5.74) is 3.49. The summed E-state index contributed by atoms with van der Waals surface area (Å²) in [6, 6.07) is 6.07. The molecule has 1 aliphatic rings. The molecule has 1 aromatic rings. The molecule has 0 unspecified atom stereocenters. The lowest BCUT2D eigenvalue weighted by molar-refractivity contribution is -0.116. The summed E-state index contributed by atoms with van der Waals surface area (Å²) in [5.74, 6) is 0.0240. The molecule has 1 aliphatic heterocycles. The van der Waals surface area contributed by atoms with Crippen LogP contribution in [0.15, 0.2) is 18.2 Å². The maximum absolute atomic E-state index is 11.6. The highest BCUT2D eigenvalue weighted by molar-refractivity contribution is 5.92. The summed E-state index contributed by atoms with van der Waals surface area (Å²) in [6.07, 6.45) is 0. The summed E-state index contributed by atoms with van der Waals surface area (Å²) >= 11 is 0. The van der Waals surface area contributed by atoms with Crippen LogP contribution in [0.3, 0.4) is 0 Å². The number of amides is 1. The third-order valence-electron chi connectivity index (χ3n) is 2.58. The van der Waals surface area contributed by atoms with Gasteiger partial charge < -0.3 is 15.5 Å². The third-order valence-corrected chi connectivity index (χ3v) is 2.58. The molecule has 0 aromatic heterocycles. The molecule has 4 nitrogen and oxygen atoms in total. The van der Waals surface area contributed by atoms with Crippen molar-refractivity contribution < 1.29 is 4.79 Å². The number of nitrogens with zero attached hydrogens (tertiary/aromatic N) is 1. The van der Waals surface area contributed by atoms with Gasteiger partial charge in [0.05, 0.1) is 6.54 Å². The van der Waals surface area contributed by atoms with Gasteiger partial charge in [0.25, 0.3) is 0 Å². The summed E-state index contributed by atoms with van der Waals surface area (Å²) < 4.78 is 0. The van der Waals surface area contributed by atoms with Crippen LogP contribution in [0.1, 0.15) is 11.1 Å². The fourth-order valence-electron chi connectivity index (χ4n) is 1.86. The summed E-state index contributed by atoms with van der Waals surface area (Å²) in [4.78, 5) is 13.4. The monoisotopic (exact) mass is 219 g/mol. The van der Waals surface area contributed by atoms with Gasteiger partial charge in [-0.2, -0.15) is 0 Å². The Hall–Kier alpha value is -1.39. The molecule has 0 atom stereocenters. The van der Waals surface area contributed by atoms with E-state index in [9.17, 15) is 4.79 Å². The van der Waals surface area contributed by atoms with E-state index in [4.69, 9.17) is 0 Å². The highest BCUT2D eigenvalue weighted by Crippen LogP contribution is 2.19. The molecule has 0 saturated heterocycles. The van der Waals surface area contributed by atoms with Crippen LogP contribution in [0.25, 0.3) is 0 Å². The standard InChI is InChI=1S/C12H17N3O/c1-15(2)8-12(16)14-11-4-3-9-6-13-7-10(9)5-11/h3-5,13H,6-8H2,1-2H3,(H,14,16). The number of anilines is 1. The van der Waals surface area contributed by atoms with Crippen LogP contribution >= 0.6 is 0 Å². The van der Waals surface area contributed by atoms with Crippen molar-refractivity contribution in [2.45, 2.75) is 13.1 Å². The Labute approximate surface area is 95.6 Å². The SMILES string of the molecule is CN(C)CC(=O)Nc1ccc2c(c1)CNC2.